The van der Waals surface area contributed by atoms with E-state index in [1.54, 1.807) is 13.8 Å². The van der Waals surface area contributed by atoms with Crippen molar-refractivity contribution in [3.63, 3.8) is 0 Å². The number of carbonyl (C=O) groups is 3. The average molecular weight is 292 g/mol. The van der Waals surface area contributed by atoms with E-state index in [0.717, 1.165) is 5.56 Å². The number of benzene rings is 1. The highest BCUT2D eigenvalue weighted by Crippen LogP contribution is 2.25. The van der Waals surface area contributed by atoms with Gasteiger partial charge in [-0.2, -0.15) is 0 Å². The number of rotatable bonds is 4. The lowest BCUT2D eigenvalue weighted by atomic mass is 9.85. The summed E-state index contributed by atoms with van der Waals surface area (Å²) in [5.74, 6) is -1.21. The number of amides is 3. The maximum absolute atomic E-state index is 12.2. The van der Waals surface area contributed by atoms with Crippen molar-refractivity contribution in [2.75, 3.05) is 7.05 Å². The molecular formula is C15H20N2O4. The molecule has 0 aliphatic heterocycles. The van der Waals surface area contributed by atoms with Crippen LogP contribution in [0.5, 0.6) is 0 Å². The Labute approximate surface area is 123 Å². The van der Waals surface area contributed by atoms with Crippen molar-refractivity contribution in [3.05, 3.63) is 35.9 Å². The maximum Gasteiger partial charge on any atom is 0.321 e. The molecule has 0 unspecified atom stereocenters. The van der Waals surface area contributed by atoms with Crippen LogP contribution in [0.2, 0.25) is 0 Å². The number of carbonyl (C=O) groups excluding carboxylic acids is 3. The van der Waals surface area contributed by atoms with Crippen molar-refractivity contribution < 1.29 is 19.1 Å². The largest absolute Gasteiger partial charge is 0.452 e. The van der Waals surface area contributed by atoms with Gasteiger partial charge in [0.15, 0.2) is 6.10 Å². The van der Waals surface area contributed by atoms with E-state index < -0.39 is 29.4 Å². The van der Waals surface area contributed by atoms with E-state index in [2.05, 4.69) is 10.6 Å². The molecule has 1 aromatic carbocycles. The predicted molar refractivity (Wildman–Crippen MR) is 77.6 cm³/mol. The molecule has 6 nitrogen and oxygen atoms in total. The average Bonchev–Trinajstić information content (AvgIpc) is 2.47. The highest BCUT2D eigenvalue weighted by Gasteiger charge is 2.33. The second-order valence-electron chi connectivity index (χ2n) is 5.11. The number of hydrogen-bond donors (Lipinski definition) is 2. The lowest BCUT2D eigenvalue weighted by molar-refractivity contribution is -0.159. The summed E-state index contributed by atoms with van der Waals surface area (Å²) in [7, 11) is 1.39. The summed E-state index contributed by atoms with van der Waals surface area (Å²) in [6, 6.07) is 8.49. The number of nitrogens with one attached hydrogen (secondary N) is 2. The fourth-order valence-corrected chi connectivity index (χ4v) is 1.61. The Balaban J connectivity index is 2.72. The van der Waals surface area contributed by atoms with Gasteiger partial charge in [-0.25, -0.2) is 4.79 Å². The summed E-state index contributed by atoms with van der Waals surface area (Å²) in [4.78, 5) is 34.9. The normalized spacial score (nSPS) is 12.2. The van der Waals surface area contributed by atoms with E-state index >= 15 is 0 Å². The first-order chi connectivity index (χ1) is 9.78. The van der Waals surface area contributed by atoms with Gasteiger partial charge in [-0.3, -0.25) is 14.9 Å². The molecule has 6 heteroatoms. The van der Waals surface area contributed by atoms with Crippen molar-refractivity contribution in [2.24, 2.45) is 0 Å². The third-order valence-corrected chi connectivity index (χ3v) is 3.12. The van der Waals surface area contributed by atoms with Crippen LogP contribution in [0.4, 0.5) is 4.79 Å². The molecule has 0 bridgehead atoms. The Morgan fingerprint density at radius 1 is 1.14 bits per heavy atom. The summed E-state index contributed by atoms with van der Waals surface area (Å²) in [5, 5.41) is 4.31. The third kappa shape index (κ3) is 4.30. The SMILES string of the molecule is CNC(=O)NC(=O)[C@@H](C)OC(=O)C(C)(C)c1ccccc1. The Morgan fingerprint density at radius 2 is 1.71 bits per heavy atom. The molecule has 0 heterocycles. The Kier molecular flexibility index (Phi) is 5.46. The summed E-state index contributed by atoms with van der Waals surface area (Å²) in [6.07, 6.45) is -1.06. The Morgan fingerprint density at radius 3 is 2.24 bits per heavy atom. The molecule has 0 fully saturated rings. The van der Waals surface area contributed by atoms with Gasteiger partial charge >= 0.3 is 12.0 Å². The van der Waals surface area contributed by atoms with E-state index in [1.807, 2.05) is 30.3 Å². The minimum atomic E-state index is -1.06. The smallest absolute Gasteiger partial charge is 0.321 e. The van der Waals surface area contributed by atoms with Gasteiger partial charge in [-0.1, -0.05) is 30.3 Å². The molecule has 0 saturated carbocycles. The highest BCUT2D eigenvalue weighted by molar-refractivity contribution is 5.97. The second kappa shape index (κ2) is 6.88. The van der Waals surface area contributed by atoms with Gasteiger partial charge in [0.25, 0.3) is 5.91 Å². The van der Waals surface area contributed by atoms with E-state index in [-0.39, 0.29) is 0 Å². The highest BCUT2D eigenvalue weighted by atomic mass is 16.5. The second-order valence-corrected chi connectivity index (χ2v) is 5.11. The van der Waals surface area contributed by atoms with Crippen LogP contribution in [-0.4, -0.2) is 31.1 Å². The van der Waals surface area contributed by atoms with Crippen LogP contribution < -0.4 is 10.6 Å². The number of ether oxygens (including phenoxy) is 1. The molecule has 0 saturated heterocycles. The Hall–Kier alpha value is -2.37. The molecule has 0 aliphatic carbocycles. The number of esters is 1. The lowest BCUT2D eigenvalue weighted by Gasteiger charge is -2.25. The van der Waals surface area contributed by atoms with Gasteiger partial charge in [0, 0.05) is 7.05 Å². The fraction of sp³-hybridized carbons (Fsp3) is 0.400. The molecule has 0 aliphatic rings. The van der Waals surface area contributed by atoms with Gasteiger partial charge in [0.1, 0.15) is 0 Å². The third-order valence-electron chi connectivity index (χ3n) is 3.12. The van der Waals surface area contributed by atoms with E-state index in [4.69, 9.17) is 4.74 Å². The van der Waals surface area contributed by atoms with E-state index in [0.29, 0.717) is 0 Å². The van der Waals surface area contributed by atoms with Crippen LogP contribution in [-0.2, 0) is 19.7 Å². The summed E-state index contributed by atoms with van der Waals surface area (Å²) in [5.41, 5.74) is -0.100. The first-order valence-electron chi connectivity index (χ1n) is 6.58. The van der Waals surface area contributed by atoms with Crippen molar-refractivity contribution in [1.82, 2.24) is 10.6 Å². The molecule has 2 N–H and O–H groups in total. The van der Waals surface area contributed by atoms with Crippen molar-refractivity contribution >= 4 is 17.9 Å². The zero-order valence-corrected chi connectivity index (χ0v) is 12.6. The van der Waals surface area contributed by atoms with Gasteiger partial charge in [0.2, 0.25) is 0 Å². The molecule has 3 amide bonds. The van der Waals surface area contributed by atoms with Crippen LogP contribution in [0, 0.1) is 0 Å². The van der Waals surface area contributed by atoms with Crippen molar-refractivity contribution in [3.8, 4) is 0 Å². The number of urea groups is 1. The molecule has 1 rings (SSSR count). The molecule has 0 spiro atoms. The number of hydrogen-bond acceptors (Lipinski definition) is 4. The summed E-state index contributed by atoms with van der Waals surface area (Å²) >= 11 is 0. The molecule has 0 radical (unpaired) electrons. The first-order valence-corrected chi connectivity index (χ1v) is 6.58. The monoisotopic (exact) mass is 292 g/mol. The zero-order valence-electron chi connectivity index (χ0n) is 12.6. The quantitative estimate of drug-likeness (QED) is 0.820. The lowest BCUT2D eigenvalue weighted by Crippen LogP contribution is -2.45. The number of imide groups is 1. The minimum Gasteiger partial charge on any atom is -0.452 e. The van der Waals surface area contributed by atoms with Crippen molar-refractivity contribution in [1.29, 1.82) is 0 Å². The van der Waals surface area contributed by atoms with Crippen molar-refractivity contribution in [2.45, 2.75) is 32.3 Å². The topological polar surface area (TPSA) is 84.5 Å². The van der Waals surface area contributed by atoms with Crippen LogP contribution in [0.3, 0.4) is 0 Å². The van der Waals surface area contributed by atoms with Crippen LogP contribution in [0.1, 0.15) is 26.3 Å². The van der Waals surface area contributed by atoms with Gasteiger partial charge < -0.3 is 10.1 Å². The van der Waals surface area contributed by atoms with Crippen LogP contribution in [0.15, 0.2) is 30.3 Å². The zero-order chi connectivity index (χ0) is 16.0. The summed E-state index contributed by atoms with van der Waals surface area (Å²) in [6.45, 7) is 4.85. The fourth-order valence-electron chi connectivity index (χ4n) is 1.61. The standard InChI is InChI=1S/C15H20N2O4/c1-10(12(18)17-14(20)16-4)21-13(19)15(2,3)11-8-6-5-7-9-11/h5-10H,1-4H3,(H2,16,17,18,20)/t10-/m1/s1. The maximum atomic E-state index is 12.2. The van der Waals surface area contributed by atoms with E-state index in [1.165, 1.54) is 14.0 Å². The Bertz CT molecular complexity index is 526. The molecule has 21 heavy (non-hydrogen) atoms. The molecule has 1 aromatic rings. The van der Waals surface area contributed by atoms with Crippen LogP contribution in [0.25, 0.3) is 0 Å². The van der Waals surface area contributed by atoms with Crippen LogP contribution >= 0.6 is 0 Å². The van der Waals surface area contributed by atoms with Gasteiger partial charge in [-0.05, 0) is 26.3 Å². The van der Waals surface area contributed by atoms with E-state index in [9.17, 15) is 14.4 Å². The molecule has 114 valence electrons. The molecule has 1 atom stereocenters. The predicted octanol–water partition coefficient (Wildman–Crippen LogP) is 1.35. The first kappa shape index (κ1) is 16.7. The molecular weight excluding hydrogens is 272 g/mol. The van der Waals surface area contributed by atoms with Gasteiger partial charge in [0.05, 0.1) is 5.41 Å². The summed E-state index contributed by atoms with van der Waals surface area (Å²) < 4.78 is 5.15. The molecule has 0 aromatic heterocycles. The van der Waals surface area contributed by atoms with Gasteiger partial charge in [-0.15, -0.1) is 0 Å². The minimum absolute atomic E-state index is 0.534.